The van der Waals surface area contributed by atoms with Gasteiger partial charge in [-0.15, -0.1) is 0 Å². The number of urea groups is 1. The van der Waals surface area contributed by atoms with Crippen molar-refractivity contribution in [2.24, 2.45) is 0 Å². The summed E-state index contributed by atoms with van der Waals surface area (Å²) in [6, 6.07) is 0.469. The Morgan fingerprint density at radius 1 is 1.39 bits per heavy atom. The van der Waals surface area contributed by atoms with Crippen LogP contribution in [0.2, 0.25) is 0 Å². The molecule has 1 N–H and O–H groups in total. The molecular weight excluding hydrogens is 294 g/mol. The smallest absolute Gasteiger partial charge is 0.319 e. The summed E-state index contributed by atoms with van der Waals surface area (Å²) in [5.41, 5.74) is 0. The second kappa shape index (κ2) is 8.29. The van der Waals surface area contributed by atoms with Crippen LogP contribution in [0.4, 0.5) is 4.79 Å². The molecule has 2 heterocycles. The molecule has 1 unspecified atom stereocenters. The van der Waals surface area contributed by atoms with E-state index in [9.17, 15) is 4.79 Å². The van der Waals surface area contributed by atoms with E-state index in [1.165, 1.54) is 0 Å². The summed E-state index contributed by atoms with van der Waals surface area (Å²) < 4.78 is 5.43. The molecule has 1 fully saturated rings. The second-order valence-electron chi connectivity index (χ2n) is 6.16. The molecule has 23 heavy (non-hydrogen) atoms. The molecule has 0 saturated carbocycles. The number of hydrogen-bond acceptors (Lipinski definition) is 5. The van der Waals surface area contributed by atoms with E-state index in [4.69, 9.17) is 4.52 Å². The lowest BCUT2D eigenvalue weighted by atomic mass is 9.97. The summed E-state index contributed by atoms with van der Waals surface area (Å²) >= 11 is 0. The van der Waals surface area contributed by atoms with Crippen molar-refractivity contribution in [2.75, 3.05) is 33.2 Å². The molecule has 0 radical (unpaired) electrons. The van der Waals surface area contributed by atoms with Crippen LogP contribution in [0.5, 0.6) is 0 Å². The number of amides is 2. The van der Waals surface area contributed by atoms with Crippen LogP contribution < -0.4 is 5.32 Å². The molecule has 0 aromatic carbocycles. The highest BCUT2D eigenvalue weighted by atomic mass is 16.5. The van der Waals surface area contributed by atoms with Crippen LogP contribution in [0.1, 0.15) is 51.2 Å². The molecule has 1 aromatic rings. The minimum atomic E-state index is 0.141. The molecule has 1 aliphatic heterocycles. The number of carbonyl (C=O) groups excluding carboxylic acids is 1. The first kappa shape index (κ1) is 17.7. The van der Waals surface area contributed by atoms with Gasteiger partial charge in [0, 0.05) is 44.6 Å². The fourth-order valence-corrected chi connectivity index (χ4v) is 2.90. The van der Waals surface area contributed by atoms with Crippen LogP contribution in [0.15, 0.2) is 4.52 Å². The van der Waals surface area contributed by atoms with Gasteiger partial charge in [0.1, 0.15) is 0 Å². The predicted molar refractivity (Wildman–Crippen MR) is 88.4 cm³/mol. The number of aromatic nitrogens is 2. The van der Waals surface area contributed by atoms with E-state index in [0.29, 0.717) is 6.04 Å². The van der Waals surface area contributed by atoms with Gasteiger partial charge in [0.2, 0.25) is 5.89 Å². The van der Waals surface area contributed by atoms with Crippen LogP contribution in [0.3, 0.4) is 0 Å². The molecule has 1 atom stereocenters. The number of piperidine rings is 1. The van der Waals surface area contributed by atoms with Gasteiger partial charge in [-0.05, 0) is 40.7 Å². The Labute approximate surface area is 138 Å². The number of likely N-dealkylation sites (tertiary alicyclic amines) is 1. The van der Waals surface area contributed by atoms with E-state index in [2.05, 4.69) is 22.4 Å². The minimum Gasteiger partial charge on any atom is -0.339 e. The van der Waals surface area contributed by atoms with Crippen molar-refractivity contribution in [3.63, 3.8) is 0 Å². The molecule has 1 aromatic heterocycles. The van der Waals surface area contributed by atoms with Crippen molar-refractivity contribution in [3.05, 3.63) is 11.7 Å². The lowest BCUT2D eigenvalue weighted by Crippen LogP contribution is -2.46. The normalized spacial score (nSPS) is 17.3. The Morgan fingerprint density at radius 3 is 2.61 bits per heavy atom. The highest BCUT2D eigenvalue weighted by molar-refractivity contribution is 5.74. The van der Waals surface area contributed by atoms with Crippen LogP contribution in [0, 0.1) is 0 Å². The average Bonchev–Trinajstić information content (AvgIpc) is 3.04. The highest BCUT2D eigenvalue weighted by Gasteiger charge is 2.29. The van der Waals surface area contributed by atoms with Gasteiger partial charge < -0.3 is 19.6 Å². The monoisotopic (exact) mass is 323 g/mol. The number of nitrogens with zero attached hydrogens (tertiary/aromatic N) is 4. The summed E-state index contributed by atoms with van der Waals surface area (Å²) in [5, 5.41) is 7.24. The van der Waals surface area contributed by atoms with Crippen LogP contribution in [0.25, 0.3) is 0 Å². The molecule has 0 aliphatic carbocycles. The Balaban J connectivity index is 1.88. The van der Waals surface area contributed by atoms with E-state index in [0.717, 1.165) is 57.2 Å². The minimum absolute atomic E-state index is 0.141. The molecule has 7 heteroatoms. The number of hydrogen-bond donors (Lipinski definition) is 1. The lowest BCUT2D eigenvalue weighted by molar-refractivity contribution is 0.140. The van der Waals surface area contributed by atoms with Gasteiger partial charge in [0.15, 0.2) is 5.82 Å². The Bertz CT molecular complexity index is 492. The zero-order valence-corrected chi connectivity index (χ0v) is 14.7. The maximum absolute atomic E-state index is 12.4. The fraction of sp³-hybridized carbons (Fsp3) is 0.812. The predicted octanol–water partition coefficient (Wildman–Crippen LogP) is 1.86. The van der Waals surface area contributed by atoms with Crippen LogP contribution >= 0.6 is 0 Å². The van der Waals surface area contributed by atoms with Crippen molar-refractivity contribution >= 4 is 6.03 Å². The Kier molecular flexibility index (Phi) is 6.38. The first-order valence-electron chi connectivity index (χ1n) is 8.62. The molecule has 0 spiro atoms. The zero-order valence-electron chi connectivity index (χ0n) is 14.7. The van der Waals surface area contributed by atoms with Crippen LogP contribution in [-0.4, -0.2) is 65.2 Å². The Hall–Kier alpha value is -1.63. The van der Waals surface area contributed by atoms with Crippen molar-refractivity contribution in [3.8, 4) is 0 Å². The number of likely N-dealkylation sites (N-methyl/N-ethyl adjacent to an activating group) is 1. The molecular formula is C16H29N5O2. The van der Waals surface area contributed by atoms with Crippen molar-refractivity contribution in [2.45, 2.75) is 52.0 Å². The van der Waals surface area contributed by atoms with E-state index >= 15 is 0 Å². The third-order valence-electron chi connectivity index (χ3n) is 4.61. The largest absolute Gasteiger partial charge is 0.339 e. The highest BCUT2D eigenvalue weighted by Crippen LogP contribution is 2.27. The topological polar surface area (TPSA) is 74.5 Å². The quantitative estimate of drug-likeness (QED) is 0.865. The van der Waals surface area contributed by atoms with Crippen molar-refractivity contribution < 1.29 is 9.32 Å². The SMILES string of the molecule is CCN(CC)C(=O)N1CCC(c2nc(CC(C)NC)no2)CC1. The summed E-state index contributed by atoms with van der Waals surface area (Å²) in [7, 11) is 1.92. The third-order valence-corrected chi connectivity index (χ3v) is 4.61. The summed E-state index contributed by atoms with van der Waals surface area (Å²) in [6.07, 6.45) is 2.53. The standard InChI is InChI=1S/C16H29N5O2/c1-5-20(6-2)16(22)21-9-7-13(8-10-21)15-18-14(19-23-15)11-12(3)17-4/h12-13,17H,5-11H2,1-4H3. The number of nitrogens with one attached hydrogen (secondary N) is 1. The summed E-state index contributed by atoms with van der Waals surface area (Å²) in [4.78, 5) is 20.7. The van der Waals surface area contributed by atoms with E-state index in [-0.39, 0.29) is 11.9 Å². The molecule has 2 rings (SSSR count). The molecule has 1 aliphatic rings. The van der Waals surface area contributed by atoms with Crippen molar-refractivity contribution in [1.29, 1.82) is 0 Å². The maximum Gasteiger partial charge on any atom is 0.319 e. The van der Waals surface area contributed by atoms with Gasteiger partial charge in [0.05, 0.1) is 0 Å². The first-order valence-corrected chi connectivity index (χ1v) is 8.62. The van der Waals surface area contributed by atoms with Gasteiger partial charge in [-0.1, -0.05) is 5.16 Å². The van der Waals surface area contributed by atoms with Gasteiger partial charge >= 0.3 is 6.03 Å². The first-order chi connectivity index (χ1) is 11.1. The molecule has 2 amide bonds. The van der Waals surface area contributed by atoms with Gasteiger partial charge in [-0.2, -0.15) is 4.98 Å². The number of carbonyl (C=O) groups is 1. The van der Waals surface area contributed by atoms with Crippen molar-refractivity contribution in [1.82, 2.24) is 25.3 Å². The molecule has 0 bridgehead atoms. The summed E-state index contributed by atoms with van der Waals surface area (Å²) in [6.45, 7) is 9.14. The second-order valence-corrected chi connectivity index (χ2v) is 6.16. The van der Waals surface area contributed by atoms with E-state index in [1.807, 2.05) is 30.7 Å². The average molecular weight is 323 g/mol. The fourth-order valence-electron chi connectivity index (χ4n) is 2.90. The zero-order chi connectivity index (χ0) is 16.8. The maximum atomic E-state index is 12.4. The molecule has 1 saturated heterocycles. The van der Waals surface area contributed by atoms with E-state index in [1.54, 1.807) is 0 Å². The lowest BCUT2D eigenvalue weighted by Gasteiger charge is -2.34. The van der Waals surface area contributed by atoms with Gasteiger partial charge in [0.25, 0.3) is 0 Å². The summed E-state index contributed by atoms with van der Waals surface area (Å²) in [5.74, 6) is 1.74. The van der Waals surface area contributed by atoms with Gasteiger partial charge in [-0.25, -0.2) is 4.79 Å². The molecule has 130 valence electrons. The van der Waals surface area contributed by atoms with E-state index < -0.39 is 0 Å². The third kappa shape index (κ3) is 4.43. The van der Waals surface area contributed by atoms with Crippen LogP contribution in [-0.2, 0) is 6.42 Å². The number of rotatable bonds is 6. The molecule has 7 nitrogen and oxygen atoms in total. The Morgan fingerprint density at radius 2 is 2.04 bits per heavy atom. The van der Waals surface area contributed by atoms with Gasteiger partial charge in [-0.3, -0.25) is 0 Å².